The van der Waals surface area contributed by atoms with E-state index >= 15 is 0 Å². The van der Waals surface area contributed by atoms with Gasteiger partial charge >= 0.3 is 0 Å². The molecule has 0 radical (unpaired) electrons. The van der Waals surface area contributed by atoms with E-state index in [2.05, 4.69) is 52.3 Å². The van der Waals surface area contributed by atoms with Gasteiger partial charge in [-0.25, -0.2) is 8.42 Å². The molecule has 0 saturated carbocycles. The fourth-order valence-electron chi connectivity index (χ4n) is 8.32. The van der Waals surface area contributed by atoms with Crippen molar-refractivity contribution in [3.63, 3.8) is 0 Å². The number of hydrogen-bond donors (Lipinski definition) is 2. The number of rotatable bonds is 15. The Morgan fingerprint density at radius 3 is 2.06 bits per heavy atom. The lowest BCUT2D eigenvalue weighted by molar-refractivity contribution is -0.932. The smallest absolute Gasteiger partial charge is 0.179 e. The van der Waals surface area contributed by atoms with Crippen LogP contribution in [0.25, 0.3) is 0 Å². The monoisotopic (exact) mass is 766 g/mol. The summed E-state index contributed by atoms with van der Waals surface area (Å²) in [5.74, 6) is 0.359. The van der Waals surface area contributed by atoms with Gasteiger partial charge in [-0.2, -0.15) is 0 Å². The number of aryl methyl sites for hydroxylation is 1. The van der Waals surface area contributed by atoms with Crippen molar-refractivity contribution in [3.8, 4) is 5.75 Å². The van der Waals surface area contributed by atoms with Gasteiger partial charge in [-0.05, 0) is 86.8 Å². The van der Waals surface area contributed by atoms with Gasteiger partial charge in [0.2, 0.25) is 0 Å². The van der Waals surface area contributed by atoms with Gasteiger partial charge in [-0.15, -0.1) is 12.6 Å². The number of benzene rings is 3. The minimum atomic E-state index is -3.62. The number of ether oxygens (including phenoxy) is 1. The van der Waals surface area contributed by atoms with E-state index in [0.29, 0.717) is 29.9 Å². The quantitative estimate of drug-likeness (QED) is 0.0918. The molecular formula is C44H68N3O4S2+. The number of nitrogens with zero attached hydrogens (tertiary/aromatic N) is 3. The number of quaternary nitrogens is 1. The first-order valence-corrected chi connectivity index (χ1v) is 22.1. The number of aliphatic hydroxyl groups excluding tert-OH is 1. The van der Waals surface area contributed by atoms with Gasteiger partial charge in [0.05, 0.1) is 49.5 Å². The standard InChI is InChI=1S/C37H60N3O4S.C7H8S/c1-7-10-19-37(20-11-8-2)29-45(42,43)34-18-15-31(38(4)5)28-33(34)35(36(37)41)30-13-16-32(17-14-30)44-27-12-24-40(23-9-3)25-21-39(6)22-26-40;1-6-2-4-7(8)5-3-6/h13-18,28,35-36,41H,7-12,19-27,29H2,1-6H3;2-5,8H,1H3/q+1;/t35-,36-;/m1./s1. The summed E-state index contributed by atoms with van der Waals surface area (Å²) >= 11 is 4.13. The minimum absolute atomic E-state index is 0.0124. The Balaban J connectivity index is 0.000000692. The first-order chi connectivity index (χ1) is 25.3. The minimum Gasteiger partial charge on any atom is -0.493 e. The molecule has 5 rings (SSSR count). The molecule has 3 aromatic rings. The van der Waals surface area contributed by atoms with Crippen LogP contribution < -0.4 is 9.64 Å². The molecular weight excluding hydrogens is 699 g/mol. The van der Waals surface area contributed by atoms with E-state index in [-0.39, 0.29) is 5.75 Å². The molecule has 2 heterocycles. The van der Waals surface area contributed by atoms with Crippen molar-refractivity contribution >= 4 is 28.2 Å². The number of piperazine rings is 1. The summed E-state index contributed by atoms with van der Waals surface area (Å²) in [5, 5.41) is 12.4. The van der Waals surface area contributed by atoms with Gasteiger partial charge in [0.1, 0.15) is 5.75 Å². The number of hydrogen-bond acceptors (Lipinski definition) is 7. The lowest BCUT2D eigenvalue weighted by atomic mass is 9.68. The summed E-state index contributed by atoms with van der Waals surface area (Å²) in [7, 11) is 2.53. The number of sulfone groups is 1. The zero-order chi connectivity index (χ0) is 38.6. The zero-order valence-electron chi connectivity index (χ0n) is 33.7. The Hall–Kier alpha value is -2.56. The molecule has 0 aliphatic carbocycles. The first-order valence-electron chi connectivity index (χ1n) is 20.0. The van der Waals surface area contributed by atoms with Crippen molar-refractivity contribution in [2.24, 2.45) is 5.41 Å². The summed E-state index contributed by atoms with van der Waals surface area (Å²) in [6.45, 7) is 16.4. The molecule has 7 nitrogen and oxygen atoms in total. The highest BCUT2D eigenvalue weighted by atomic mass is 32.2. The second kappa shape index (κ2) is 19.9. The Morgan fingerprint density at radius 2 is 1.51 bits per heavy atom. The van der Waals surface area contributed by atoms with E-state index in [1.54, 1.807) is 6.07 Å². The Labute approximate surface area is 327 Å². The Morgan fingerprint density at radius 1 is 0.887 bits per heavy atom. The summed E-state index contributed by atoms with van der Waals surface area (Å²) < 4.78 is 35.6. The van der Waals surface area contributed by atoms with Crippen LogP contribution in [0, 0.1) is 12.3 Å². The number of aliphatic hydroxyl groups is 1. The highest BCUT2D eigenvalue weighted by molar-refractivity contribution is 7.91. The van der Waals surface area contributed by atoms with Crippen molar-refractivity contribution in [2.45, 2.75) is 101 Å². The summed E-state index contributed by atoms with van der Waals surface area (Å²) in [5.41, 5.74) is 3.14. The van der Waals surface area contributed by atoms with Gasteiger partial charge in [-0.1, -0.05) is 76.3 Å². The number of thiol groups is 1. The molecule has 9 heteroatoms. The molecule has 0 spiro atoms. The molecule has 2 aliphatic rings. The van der Waals surface area contributed by atoms with Gasteiger partial charge < -0.3 is 19.2 Å². The van der Waals surface area contributed by atoms with Crippen LogP contribution in [0.4, 0.5) is 5.69 Å². The van der Waals surface area contributed by atoms with Crippen LogP contribution in [0.3, 0.4) is 0 Å². The average Bonchev–Trinajstić information content (AvgIpc) is 3.21. The molecule has 0 aromatic heterocycles. The van der Waals surface area contributed by atoms with E-state index in [1.165, 1.54) is 36.1 Å². The molecule has 0 bridgehead atoms. The van der Waals surface area contributed by atoms with Crippen LogP contribution in [0.2, 0.25) is 0 Å². The third-order valence-corrected chi connectivity index (χ3v) is 13.9. The van der Waals surface area contributed by atoms with Crippen molar-refractivity contribution in [1.82, 2.24) is 4.90 Å². The number of anilines is 1. The fraction of sp³-hybridized carbons (Fsp3) is 0.591. The molecule has 2 aliphatic heterocycles. The van der Waals surface area contributed by atoms with Crippen molar-refractivity contribution in [2.75, 3.05) is 77.7 Å². The largest absolute Gasteiger partial charge is 0.493 e. The van der Waals surface area contributed by atoms with Crippen molar-refractivity contribution in [1.29, 1.82) is 0 Å². The lowest BCUT2D eigenvalue weighted by Gasteiger charge is -2.44. The number of fused-ring (bicyclic) bond motifs is 1. The summed E-state index contributed by atoms with van der Waals surface area (Å²) in [6, 6.07) is 21.8. The Bertz CT molecular complexity index is 1620. The molecule has 53 heavy (non-hydrogen) atoms. The maximum atomic E-state index is 14.1. The van der Waals surface area contributed by atoms with E-state index < -0.39 is 27.3 Å². The van der Waals surface area contributed by atoms with Crippen molar-refractivity contribution < 1.29 is 22.7 Å². The molecule has 0 amide bonds. The number of likely N-dealkylation sites (N-methyl/N-ethyl adjacent to an activating group) is 1. The first kappa shape index (κ1) is 43.2. The van der Waals surface area contributed by atoms with Crippen LogP contribution in [0.5, 0.6) is 5.75 Å². The fourth-order valence-corrected chi connectivity index (χ4v) is 10.7. The van der Waals surface area contributed by atoms with Crippen molar-refractivity contribution in [3.05, 3.63) is 83.4 Å². The SMILES string of the molecule is CCCCC1(CCCC)CS(=O)(=O)c2ccc(N(C)C)cc2[C@@H](c2ccc(OCCC[N+]3(CCC)CCN(C)CC3)cc2)[C@H]1O.Cc1ccc(S)cc1. The summed E-state index contributed by atoms with van der Waals surface area (Å²) in [6.07, 6.45) is 6.51. The van der Waals surface area contributed by atoms with Gasteiger partial charge in [0.25, 0.3) is 0 Å². The lowest BCUT2D eigenvalue weighted by Crippen LogP contribution is -2.59. The predicted molar refractivity (Wildman–Crippen MR) is 225 cm³/mol. The molecule has 0 unspecified atom stereocenters. The molecule has 2 atom stereocenters. The Kier molecular flexibility index (Phi) is 16.2. The average molecular weight is 767 g/mol. The van der Waals surface area contributed by atoms with Crippen LogP contribution in [-0.4, -0.2) is 102 Å². The third-order valence-electron chi connectivity index (χ3n) is 11.6. The molecule has 3 aromatic carbocycles. The molecule has 1 fully saturated rings. The second-order valence-electron chi connectivity index (χ2n) is 16.0. The topological polar surface area (TPSA) is 70.1 Å². The van der Waals surface area contributed by atoms with E-state index in [0.717, 1.165) is 73.6 Å². The van der Waals surface area contributed by atoms with Crippen LogP contribution in [-0.2, 0) is 9.84 Å². The predicted octanol–water partition coefficient (Wildman–Crippen LogP) is 8.62. The molecule has 1 N–H and O–H groups in total. The third kappa shape index (κ3) is 11.5. The maximum absolute atomic E-state index is 14.1. The van der Waals surface area contributed by atoms with E-state index in [1.807, 2.05) is 79.7 Å². The second-order valence-corrected chi connectivity index (χ2v) is 18.5. The normalized spacial score (nSPS) is 20.4. The molecule has 1 saturated heterocycles. The number of unbranched alkanes of at least 4 members (excludes halogenated alkanes) is 2. The van der Waals surface area contributed by atoms with Gasteiger partial charge in [0.15, 0.2) is 9.84 Å². The van der Waals surface area contributed by atoms with Crippen LogP contribution in [0.15, 0.2) is 76.5 Å². The van der Waals surface area contributed by atoms with Gasteiger partial charge in [0, 0.05) is 55.5 Å². The zero-order valence-corrected chi connectivity index (χ0v) is 35.4. The van der Waals surface area contributed by atoms with Gasteiger partial charge in [-0.3, -0.25) is 4.90 Å². The van der Waals surface area contributed by atoms with E-state index in [4.69, 9.17) is 4.74 Å². The molecule has 294 valence electrons. The van der Waals surface area contributed by atoms with Crippen LogP contribution >= 0.6 is 12.6 Å². The van der Waals surface area contributed by atoms with Crippen LogP contribution in [0.1, 0.15) is 94.7 Å². The maximum Gasteiger partial charge on any atom is 0.179 e. The van der Waals surface area contributed by atoms with E-state index in [9.17, 15) is 13.5 Å². The highest BCUT2D eigenvalue weighted by Crippen LogP contribution is 2.50. The summed E-state index contributed by atoms with van der Waals surface area (Å²) in [4.78, 5) is 5.81. The highest BCUT2D eigenvalue weighted by Gasteiger charge is 2.49.